The first-order chi connectivity index (χ1) is 9.48. The van der Waals surface area contributed by atoms with Gasteiger partial charge in [-0.2, -0.15) is 0 Å². The highest BCUT2D eigenvalue weighted by Crippen LogP contribution is 2.23. The smallest absolute Gasteiger partial charge is 0.150 e. The molecule has 0 aromatic heterocycles. The molecule has 3 nitrogen and oxygen atoms in total. The Morgan fingerprint density at radius 2 is 1.85 bits per heavy atom. The zero-order valence-corrected chi connectivity index (χ0v) is 14.6. The van der Waals surface area contributed by atoms with Crippen LogP contribution < -0.4 is 5.32 Å². The molecule has 0 aliphatic carbocycles. The maximum atomic E-state index is 11.6. The summed E-state index contributed by atoms with van der Waals surface area (Å²) in [4.78, 5) is 0. The summed E-state index contributed by atoms with van der Waals surface area (Å²) < 4.78 is 24.2. The molecular weight excluding hydrogens is 338 g/mol. The van der Waals surface area contributed by atoms with Crippen LogP contribution in [0.3, 0.4) is 0 Å². The van der Waals surface area contributed by atoms with Crippen LogP contribution in [-0.2, 0) is 9.84 Å². The molecule has 0 aliphatic heterocycles. The van der Waals surface area contributed by atoms with Crippen molar-refractivity contribution in [1.82, 2.24) is 5.32 Å². The lowest BCUT2D eigenvalue weighted by atomic mass is 9.94. The van der Waals surface area contributed by atoms with Crippen molar-refractivity contribution >= 4 is 25.8 Å². The Kier molecular flexibility index (Phi) is 7.77. The Balaban J connectivity index is 2.62. The van der Waals surface area contributed by atoms with E-state index in [-0.39, 0.29) is 5.75 Å². The molecule has 1 unspecified atom stereocenters. The topological polar surface area (TPSA) is 46.2 Å². The summed E-state index contributed by atoms with van der Waals surface area (Å²) in [5.41, 5.74) is 1.27. The molecule has 1 aromatic rings. The van der Waals surface area contributed by atoms with E-state index in [1.807, 2.05) is 12.1 Å². The van der Waals surface area contributed by atoms with Crippen LogP contribution in [0.1, 0.15) is 38.2 Å². The minimum absolute atomic E-state index is 0.239. The van der Waals surface area contributed by atoms with Gasteiger partial charge in [0.15, 0.2) is 0 Å². The van der Waals surface area contributed by atoms with Crippen molar-refractivity contribution in [3.05, 3.63) is 34.3 Å². The van der Waals surface area contributed by atoms with E-state index in [9.17, 15) is 8.42 Å². The largest absolute Gasteiger partial charge is 0.316 e. The van der Waals surface area contributed by atoms with E-state index in [0.29, 0.717) is 11.7 Å². The number of halogens is 1. The molecule has 0 amide bonds. The van der Waals surface area contributed by atoms with Crippen LogP contribution in [0.25, 0.3) is 0 Å². The summed E-state index contributed by atoms with van der Waals surface area (Å²) >= 11 is 3.44. The van der Waals surface area contributed by atoms with Crippen molar-refractivity contribution in [2.45, 2.75) is 32.6 Å². The van der Waals surface area contributed by atoms with E-state index in [2.05, 4.69) is 40.3 Å². The number of hydrogen-bond acceptors (Lipinski definition) is 3. The molecule has 1 aromatic carbocycles. The van der Waals surface area contributed by atoms with E-state index < -0.39 is 9.84 Å². The lowest BCUT2D eigenvalue weighted by Gasteiger charge is -2.18. The van der Waals surface area contributed by atoms with Gasteiger partial charge in [0.1, 0.15) is 9.84 Å². The van der Waals surface area contributed by atoms with Crippen molar-refractivity contribution in [1.29, 1.82) is 0 Å². The molecule has 20 heavy (non-hydrogen) atoms. The predicted molar refractivity (Wildman–Crippen MR) is 89.0 cm³/mol. The van der Waals surface area contributed by atoms with Gasteiger partial charge in [-0.3, -0.25) is 0 Å². The van der Waals surface area contributed by atoms with Gasteiger partial charge in [-0.1, -0.05) is 41.9 Å². The predicted octanol–water partition coefficient (Wildman–Crippen LogP) is 3.36. The molecular formula is C15H24BrNO2S. The molecule has 1 N–H and O–H groups in total. The van der Waals surface area contributed by atoms with Gasteiger partial charge in [-0.15, -0.1) is 0 Å². The highest BCUT2D eigenvalue weighted by atomic mass is 79.9. The summed E-state index contributed by atoms with van der Waals surface area (Å²) in [6.45, 7) is 5.62. The van der Waals surface area contributed by atoms with Crippen LogP contribution in [0.4, 0.5) is 0 Å². The third-order valence-corrected chi connectivity index (χ3v) is 5.75. The second-order valence-electron chi connectivity index (χ2n) is 4.93. The van der Waals surface area contributed by atoms with Gasteiger partial charge in [0.25, 0.3) is 0 Å². The SMILES string of the molecule is CCNCC(CCCS(=O)(=O)CC)c1ccc(Br)cc1. The van der Waals surface area contributed by atoms with Gasteiger partial charge in [0.05, 0.1) is 5.75 Å². The van der Waals surface area contributed by atoms with Gasteiger partial charge in [0, 0.05) is 16.8 Å². The third-order valence-electron chi connectivity index (χ3n) is 3.43. The second-order valence-corrected chi connectivity index (χ2v) is 8.32. The molecule has 0 radical (unpaired) electrons. The van der Waals surface area contributed by atoms with E-state index in [4.69, 9.17) is 0 Å². The fourth-order valence-corrected chi connectivity index (χ4v) is 3.29. The van der Waals surface area contributed by atoms with Gasteiger partial charge < -0.3 is 5.32 Å². The minimum Gasteiger partial charge on any atom is -0.316 e. The summed E-state index contributed by atoms with van der Waals surface area (Å²) in [6.07, 6.45) is 1.62. The van der Waals surface area contributed by atoms with Crippen LogP contribution in [0.15, 0.2) is 28.7 Å². The molecule has 0 saturated heterocycles. The molecule has 5 heteroatoms. The average Bonchev–Trinajstić information content (AvgIpc) is 2.43. The third kappa shape index (κ3) is 6.37. The van der Waals surface area contributed by atoms with Crippen LogP contribution in [-0.4, -0.2) is 33.0 Å². The summed E-state index contributed by atoms with van der Waals surface area (Å²) in [6, 6.07) is 8.30. The van der Waals surface area contributed by atoms with Crippen LogP contribution in [0, 0.1) is 0 Å². The minimum atomic E-state index is -2.85. The first-order valence-corrected chi connectivity index (χ1v) is 9.76. The van der Waals surface area contributed by atoms with E-state index >= 15 is 0 Å². The van der Waals surface area contributed by atoms with E-state index in [1.165, 1.54) is 5.56 Å². The summed E-state index contributed by atoms with van der Waals surface area (Å²) in [7, 11) is -2.85. The van der Waals surface area contributed by atoms with Gasteiger partial charge in [-0.05, 0) is 43.0 Å². The maximum Gasteiger partial charge on any atom is 0.150 e. The lowest BCUT2D eigenvalue weighted by Crippen LogP contribution is -2.22. The zero-order valence-electron chi connectivity index (χ0n) is 12.2. The number of sulfone groups is 1. The normalized spacial score (nSPS) is 13.3. The summed E-state index contributed by atoms with van der Waals surface area (Å²) in [5, 5.41) is 3.36. The van der Waals surface area contributed by atoms with Crippen molar-refractivity contribution < 1.29 is 8.42 Å². The van der Waals surface area contributed by atoms with Crippen LogP contribution in [0.5, 0.6) is 0 Å². The highest BCUT2D eigenvalue weighted by molar-refractivity contribution is 9.10. The molecule has 1 atom stereocenters. The van der Waals surface area contributed by atoms with Crippen LogP contribution in [0.2, 0.25) is 0 Å². The molecule has 114 valence electrons. The van der Waals surface area contributed by atoms with Crippen molar-refractivity contribution in [3.8, 4) is 0 Å². The quantitative estimate of drug-likeness (QED) is 0.733. The zero-order chi connectivity index (χ0) is 15.0. The fourth-order valence-electron chi connectivity index (χ4n) is 2.13. The molecule has 0 fully saturated rings. The number of benzene rings is 1. The fraction of sp³-hybridized carbons (Fsp3) is 0.600. The average molecular weight is 362 g/mol. The first kappa shape index (κ1) is 17.7. The Labute approximate surface area is 131 Å². The number of likely N-dealkylation sites (N-methyl/N-ethyl adjacent to an activating group) is 1. The lowest BCUT2D eigenvalue weighted by molar-refractivity contribution is 0.548. The summed E-state index contributed by atoms with van der Waals surface area (Å²) in [5.74, 6) is 0.904. The second kappa shape index (κ2) is 8.80. The Bertz CT molecular complexity index is 485. The molecule has 0 saturated carbocycles. The van der Waals surface area contributed by atoms with Gasteiger partial charge in [-0.25, -0.2) is 8.42 Å². The Morgan fingerprint density at radius 1 is 1.20 bits per heavy atom. The van der Waals surface area contributed by atoms with Crippen molar-refractivity contribution in [2.24, 2.45) is 0 Å². The molecule has 0 heterocycles. The molecule has 0 aliphatic rings. The monoisotopic (exact) mass is 361 g/mol. The Morgan fingerprint density at radius 3 is 2.40 bits per heavy atom. The van der Waals surface area contributed by atoms with E-state index in [1.54, 1.807) is 6.92 Å². The van der Waals surface area contributed by atoms with Gasteiger partial charge in [0.2, 0.25) is 0 Å². The first-order valence-electron chi connectivity index (χ1n) is 7.15. The number of rotatable bonds is 9. The standard InChI is InChI=1S/C15H24BrNO2S/c1-3-17-12-14(6-5-11-20(18,19)4-2)13-7-9-15(16)10-8-13/h7-10,14,17H,3-6,11-12H2,1-2H3. The Hall–Kier alpha value is -0.390. The number of nitrogens with one attached hydrogen (secondary N) is 1. The van der Waals surface area contributed by atoms with Crippen LogP contribution >= 0.6 is 15.9 Å². The van der Waals surface area contributed by atoms with Gasteiger partial charge >= 0.3 is 0 Å². The van der Waals surface area contributed by atoms with E-state index in [0.717, 1.165) is 30.4 Å². The number of hydrogen-bond donors (Lipinski definition) is 1. The molecule has 1 rings (SSSR count). The van der Waals surface area contributed by atoms with Crippen molar-refractivity contribution in [2.75, 3.05) is 24.6 Å². The molecule has 0 bridgehead atoms. The molecule has 0 spiro atoms. The highest BCUT2D eigenvalue weighted by Gasteiger charge is 2.13. The maximum absolute atomic E-state index is 11.6. The van der Waals surface area contributed by atoms with Crippen molar-refractivity contribution in [3.63, 3.8) is 0 Å².